The first-order chi connectivity index (χ1) is 6.86. The minimum Gasteiger partial charge on any atom is -0.480 e. The van der Waals surface area contributed by atoms with Crippen molar-refractivity contribution >= 4 is 35.2 Å². The van der Waals surface area contributed by atoms with Crippen LogP contribution in [0.2, 0.25) is 0 Å². The Morgan fingerprint density at radius 3 is 2.40 bits per heavy atom. The van der Waals surface area contributed by atoms with Gasteiger partial charge in [-0.25, -0.2) is 5.25 Å². The summed E-state index contributed by atoms with van der Waals surface area (Å²) in [7, 11) is 0. The molecule has 0 bridgehead atoms. The Morgan fingerprint density at radius 2 is 2.07 bits per heavy atom. The summed E-state index contributed by atoms with van der Waals surface area (Å²) in [6.45, 7) is 3.24. The van der Waals surface area contributed by atoms with Crippen LogP contribution >= 0.6 is 23.5 Å². The number of nitrogens with two attached hydrogens (primary N) is 2. The number of carboxylic acid groups (broad SMARTS) is 1. The molecule has 7 heteroatoms. The molecule has 0 fully saturated rings. The van der Waals surface area contributed by atoms with Crippen molar-refractivity contribution in [1.29, 1.82) is 5.41 Å². The maximum absolute atomic E-state index is 10.6. The van der Waals surface area contributed by atoms with Gasteiger partial charge in [-0.3, -0.25) is 4.79 Å². The maximum Gasteiger partial charge on any atom is 0.324 e. The summed E-state index contributed by atoms with van der Waals surface area (Å²) < 4.78 is 0. The highest BCUT2D eigenvalue weighted by Gasteiger charge is 2.27. The molecule has 0 aliphatic heterocycles. The van der Waals surface area contributed by atoms with Gasteiger partial charge in [-0.15, -0.1) is 0 Å². The van der Waals surface area contributed by atoms with Gasteiger partial charge in [-0.1, -0.05) is 0 Å². The van der Waals surface area contributed by atoms with Crippen LogP contribution < -0.4 is 11.0 Å². The Kier molecular flexibility index (Phi) is 10.2. The summed E-state index contributed by atoms with van der Waals surface area (Å²) in [5, 5.41) is 19.8. The van der Waals surface area contributed by atoms with Gasteiger partial charge in [0.1, 0.15) is 5.54 Å². The fourth-order valence-electron chi connectivity index (χ4n) is 0.571. The summed E-state index contributed by atoms with van der Waals surface area (Å²) in [5.41, 5.74) is 4.96. The van der Waals surface area contributed by atoms with Gasteiger partial charge in [-0.2, -0.15) is 11.8 Å². The number of rotatable bonds is 6. The summed E-state index contributed by atoms with van der Waals surface area (Å²) >= 11 is 5.61. The van der Waals surface area contributed by atoms with Gasteiger partial charge in [0.2, 0.25) is 0 Å². The zero-order valence-corrected chi connectivity index (χ0v) is 10.5. The third-order valence-corrected chi connectivity index (χ3v) is 2.81. The van der Waals surface area contributed by atoms with E-state index in [4.69, 9.17) is 16.2 Å². The molecule has 0 aromatic heterocycles. The molecule has 0 amide bonds. The number of aliphatic carboxylic acids is 1. The van der Waals surface area contributed by atoms with Crippen molar-refractivity contribution in [2.45, 2.75) is 25.8 Å². The van der Waals surface area contributed by atoms with Crippen molar-refractivity contribution in [1.82, 2.24) is 0 Å². The first kappa shape index (κ1) is 17.1. The summed E-state index contributed by atoms with van der Waals surface area (Å²) in [4.78, 5) is 10.6. The molecule has 1 atom stereocenters. The number of halogens is 1. The van der Waals surface area contributed by atoms with E-state index in [0.29, 0.717) is 17.9 Å². The minimum atomic E-state index is -1.15. The number of hydrogen-bond donors (Lipinski definition) is 4. The summed E-state index contributed by atoms with van der Waals surface area (Å²) in [6, 6.07) is 0. The molecule has 0 spiro atoms. The van der Waals surface area contributed by atoms with Gasteiger partial charge in [0.15, 0.2) is 0 Å². The Balaban J connectivity index is 0. The highest BCUT2D eigenvalue weighted by atomic mass is 35.5. The fourth-order valence-corrected chi connectivity index (χ4v) is 1.71. The van der Waals surface area contributed by atoms with E-state index >= 15 is 0 Å². The lowest BCUT2D eigenvalue weighted by atomic mass is 10.1. The summed E-state index contributed by atoms with van der Waals surface area (Å²) in [6.07, 6.45) is 0.695. The molecule has 90 valence electrons. The van der Waals surface area contributed by atoms with Crippen molar-refractivity contribution in [3.8, 4) is 0 Å². The lowest BCUT2D eigenvalue weighted by molar-refractivity contribution is -0.141. The molecule has 5 nitrogen and oxygen atoms in total. The summed E-state index contributed by atoms with van der Waals surface area (Å²) in [5.74, 6) is 0.164. The molecule has 0 saturated heterocycles. The molecule has 0 heterocycles. The Hall–Kier alpha value is -0.300. The largest absolute Gasteiger partial charge is 0.480 e. The van der Waals surface area contributed by atoms with Gasteiger partial charge in [-0.05, 0) is 37.8 Å². The van der Waals surface area contributed by atoms with E-state index in [-0.39, 0.29) is 0 Å². The molecule has 1 unspecified atom stereocenters. The fraction of sp³-hybridized carbons (Fsp3) is 0.750. The smallest absolute Gasteiger partial charge is 0.324 e. The molecule has 0 rings (SSSR count). The minimum absolute atomic E-state index is 0.385. The highest BCUT2D eigenvalue weighted by molar-refractivity contribution is 7.99. The van der Waals surface area contributed by atoms with E-state index in [0.717, 1.165) is 5.75 Å². The average Bonchev–Trinajstić information content (AvgIpc) is 2.15. The van der Waals surface area contributed by atoms with Crippen LogP contribution in [0.3, 0.4) is 0 Å². The first-order valence-electron chi connectivity index (χ1n) is 4.22. The molecule has 0 radical (unpaired) electrons. The van der Waals surface area contributed by atoms with Crippen LogP contribution in [0.4, 0.5) is 0 Å². The molecule has 0 saturated carbocycles. The third-order valence-electron chi connectivity index (χ3n) is 1.51. The van der Waals surface area contributed by atoms with Gasteiger partial charge in [0, 0.05) is 11.5 Å². The van der Waals surface area contributed by atoms with Crippen LogP contribution in [0, 0.1) is 5.41 Å². The Morgan fingerprint density at radius 1 is 1.60 bits per heavy atom. The van der Waals surface area contributed by atoms with E-state index in [1.807, 2.05) is 0 Å². The zero-order chi connectivity index (χ0) is 12.5. The van der Waals surface area contributed by atoms with E-state index in [1.54, 1.807) is 6.92 Å². The second kappa shape index (κ2) is 8.96. The van der Waals surface area contributed by atoms with Crippen molar-refractivity contribution in [2.24, 2.45) is 11.0 Å². The van der Waals surface area contributed by atoms with E-state index in [1.165, 1.54) is 18.7 Å². The van der Waals surface area contributed by atoms with Crippen molar-refractivity contribution in [3.05, 3.63) is 0 Å². The van der Waals surface area contributed by atoms with Crippen LogP contribution in [-0.2, 0) is 4.79 Å². The second-order valence-electron chi connectivity index (χ2n) is 3.31. The first-order valence-corrected chi connectivity index (χ1v) is 5.81. The predicted molar refractivity (Wildman–Crippen MR) is 65.6 cm³/mol. The molecule has 0 aliphatic rings. The average molecular weight is 256 g/mol. The molecule has 0 aliphatic carbocycles. The Labute approximate surface area is 99.2 Å². The molecule has 15 heavy (non-hydrogen) atoms. The zero-order valence-electron chi connectivity index (χ0n) is 8.92. The van der Waals surface area contributed by atoms with E-state index in [9.17, 15) is 4.79 Å². The standard InChI is InChI=1S/C8H16N2O2S.ClH2N/c1-6(9)3-4-13-5-8(2,10)7(11)12;1-2/h9H,3-5,10H2,1-2H3,(H,11,12);2H2. The molecule has 6 N–H and O–H groups in total. The van der Waals surface area contributed by atoms with Gasteiger partial charge in [0.05, 0.1) is 0 Å². The topological polar surface area (TPSA) is 113 Å². The predicted octanol–water partition coefficient (Wildman–Crippen LogP) is 1.05. The van der Waals surface area contributed by atoms with Crippen molar-refractivity contribution in [3.63, 3.8) is 0 Å². The van der Waals surface area contributed by atoms with Gasteiger partial charge < -0.3 is 16.2 Å². The van der Waals surface area contributed by atoms with Crippen LogP contribution in [0.1, 0.15) is 20.3 Å². The molecular formula is C8H18ClN3O2S. The van der Waals surface area contributed by atoms with Crippen molar-refractivity contribution < 1.29 is 9.90 Å². The van der Waals surface area contributed by atoms with Crippen LogP contribution in [-0.4, -0.2) is 33.8 Å². The molecular weight excluding hydrogens is 238 g/mol. The van der Waals surface area contributed by atoms with Crippen LogP contribution in [0.15, 0.2) is 0 Å². The maximum atomic E-state index is 10.6. The number of hydrogen-bond acceptors (Lipinski definition) is 5. The molecule has 0 aromatic carbocycles. The lowest BCUT2D eigenvalue weighted by Crippen LogP contribution is -2.47. The van der Waals surface area contributed by atoms with E-state index < -0.39 is 11.5 Å². The highest BCUT2D eigenvalue weighted by Crippen LogP contribution is 2.11. The van der Waals surface area contributed by atoms with Crippen LogP contribution in [0.5, 0.6) is 0 Å². The monoisotopic (exact) mass is 255 g/mol. The SMILES string of the molecule is CC(=N)CCSCC(C)(N)C(=O)O.NCl. The van der Waals surface area contributed by atoms with Crippen molar-refractivity contribution in [2.75, 3.05) is 11.5 Å². The van der Waals surface area contributed by atoms with Crippen LogP contribution in [0.25, 0.3) is 0 Å². The number of nitrogens with one attached hydrogen (secondary N) is 1. The van der Waals surface area contributed by atoms with Gasteiger partial charge in [0.25, 0.3) is 0 Å². The third kappa shape index (κ3) is 9.99. The molecule has 0 aromatic rings. The number of thioether (sulfide) groups is 1. The quantitative estimate of drug-likeness (QED) is 0.322. The lowest BCUT2D eigenvalue weighted by Gasteiger charge is -2.17. The number of carbonyl (C=O) groups is 1. The Bertz CT molecular complexity index is 212. The normalized spacial score (nSPS) is 13.4. The second-order valence-corrected chi connectivity index (χ2v) is 4.41. The van der Waals surface area contributed by atoms with Gasteiger partial charge >= 0.3 is 5.97 Å². The number of carboxylic acids is 1. The van der Waals surface area contributed by atoms with E-state index in [2.05, 4.69) is 17.0 Å².